The van der Waals surface area contributed by atoms with Crippen molar-refractivity contribution in [3.63, 3.8) is 0 Å². The molecule has 0 aliphatic rings. The molecule has 0 aliphatic heterocycles. The first-order valence-corrected chi connectivity index (χ1v) is 7.67. The van der Waals surface area contributed by atoms with Crippen LogP contribution in [-0.4, -0.2) is 22.5 Å². The number of carbonyl (C=O) groups excluding carboxylic acids is 1. The van der Waals surface area contributed by atoms with Crippen LogP contribution in [0.3, 0.4) is 0 Å². The first-order valence-electron chi connectivity index (χ1n) is 7.29. The average molecular weight is 343 g/mol. The van der Waals surface area contributed by atoms with Gasteiger partial charge in [0.15, 0.2) is 5.82 Å². The molecule has 2 heterocycles. The first kappa shape index (κ1) is 16.1. The lowest BCUT2D eigenvalue weighted by Gasteiger charge is -2.02. The van der Waals surface area contributed by atoms with Crippen LogP contribution in [0.4, 0.5) is 11.5 Å². The maximum atomic E-state index is 11.7. The van der Waals surface area contributed by atoms with Crippen LogP contribution in [0.5, 0.6) is 0 Å². The number of aryl methyl sites for hydroxylation is 1. The maximum Gasteiger partial charge on any atom is 0.311 e. The van der Waals surface area contributed by atoms with Gasteiger partial charge in [0.05, 0.1) is 24.9 Å². The number of fused-ring (bicyclic) bond motifs is 1. The Morgan fingerprint density at radius 2 is 2.04 bits per heavy atom. The highest BCUT2D eigenvalue weighted by molar-refractivity contribution is 6.30. The fourth-order valence-corrected chi connectivity index (χ4v) is 2.54. The largest absolute Gasteiger partial charge is 0.469 e. The average Bonchev–Trinajstić information content (AvgIpc) is 2.91. The van der Waals surface area contributed by atoms with E-state index in [1.165, 1.54) is 7.11 Å². The van der Waals surface area contributed by atoms with Crippen molar-refractivity contribution in [3.05, 3.63) is 58.9 Å². The molecule has 0 aliphatic carbocycles. The van der Waals surface area contributed by atoms with E-state index < -0.39 is 0 Å². The minimum absolute atomic E-state index is 0.0293. The number of aromatic nitrogens is 2. The molecule has 0 radical (unpaired) electrons. The Morgan fingerprint density at radius 1 is 1.25 bits per heavy atom. The van der Waals surface area contributed by atoms with E-state index in [2.05, 4.69) is 15.2 Å². The van der Waals surface area contributed by atoms with Crippen LogP contribution in [0, 0.1) is 6.92 Å². The summed E-state index contributed by atoms with van der Waals surface area (Å²) in [6.45, 7) is 1.94. The summed E-state index contributed by atoms with van der Waals surface area (Å²) in [5.74, 6) is 0.128. The number of esters is 1. The van der Waals surface area contributed by atoms with Crippen molar-refractivity contribution >= 4 is 34.7 Å². The van der Waals surface area contributed by atoms with Crippen molar-refractivity contribution in [1.82, 2.24) is 9.38 Å². The number of ether oxygens (including phenoxy) is 1. The maximum absolute atomic E-state index is 11.7. The van der Waals surface area contributed by atoms with Crippen LogP contribution in [0.2, 0.25) is 5.02 Å². The molecule has 122 valence electrons. The van der Waals surface area contributed by atoms with Crippen LogP contribution in [0.15, 0.2) is 52.7 Å². The topological polar surface area (TPSA) is 68.3 Å². The van der Waals surface area contributed by atoms with Crippen molar-refractivity contribution in [2.45, 2.75) is 13.3 Å². The van der Waals surface area contributed by atoms with E-state index in [0.29, 0.717) is 27.9 Å². The summed E-state index contributed by atoms with van der Waals surface area (Å²) in [7, 11) is 1.34. The third kappa shape index (κ3) is 3.28. The molecule has 0 amide bonds. The second kappa shape index (κ2) is 6.80. The predicted octanol–water partition coefficient (Wildman–Crippen LogP) is 4.43. The van der Waals surface area contributed by atoms with Gasteiger partial charge in [-0.25, -0.2) is 4.98 Å². The summed E-state index contributed by atoms with van der Waals surface area (Å²) in [6.07, 6.45) is 0.0293. The van der Waals surface area contributed by atoms with Gasteiger partial charge in [0.2, 0.25) is 0 Å². The van der Waals surface area contributed by atoms with E-state index in [4.69, 9.17) is 16.3 Å². The molecule has 0 saturated carbocycles. The Kier molecular flexibility index (Phi) is 4.57. The lowest BCUT2D eigenvalue weighted by Crippen LogP contribution is -2.04. The highest BCUT2D eigenvalue weighted by Gasteiger charge is 2.16. The molecule has 0 spiro atoms. The van der Waals surface area contributed by atoms with E-state index in [1.54, 1.807) is 24.3 Å². The molecule has 24 heavy (non-hydrogen) atoms. The van der Waals surface area contributed by atoms with Crippen molar-refractivity contribution in [3.8, 4) is 0 Å². The zero-order valence-corrected chi connectivity index (χ0v) is 14.0. The number of hydrogen-bond acceptors (Lipinski definition) is 5. The predicted molar refractivity (Wildman–Crippen MR) is 91.3 cm³/mol. The normalized spacial score (nSPS) is 11.3. The molecule has 0 bridgehead atoms. The van der Waals surface area contributed by atoms with Gasteiger partial charge in [-0.3, -0.25) is 9.20 Å². The summed E-state index contributed by atoms with van der Waals surface area (Å²) >= 11 is 5.96. The number of halogens is 1. The summed E-state index contributed by atoms with van der Waals surface area (Å²) in [5, 5.41) is 9.11. The molecule has 7 heteroatoms. The number of carbonyl (C=O) groups is 1. The van der Waals surface area contributed by atoms with Gasteiger partial charge in [-0.2, -0.15) is 0 Å². The summed E-state index contributed by atoms with van der Waals surface area (Å²) in [4.78, 5) is 16.1. The van der Waals surface area contributed by atoms with Crippen LogP contribution in [-0.2, 0) is 16.0 Å². The van der Waals surface area contributed by atoms with Crippen molar-refractivity contribution in [2.24, 2.45) is 10.2 Å². The number of rotatable bonds is 4. The summed E-state index contributed by atoms with van der Waals surface area (Å²) < 4.78 is 6.59. The van der Waals surface area contributed by atoms with Gasteiger partial charge in [-0.15, -0.1) is 10.2 Å². The van der Waals surface area contributed by atoms with E-state index in [0.717, 1.165) is 5.69 Å². The van der Waals surface area contributed by atoms with Crippen molar-refractivity contribution < 1.29 is 9.53 Å². The number of methoxy groups -OCH3 is 1. The Balaban J connectivity index is 2.09. The quantitative estimate of drug-likeness (QED) is 0.520. The summed E-state index contributed by atoms with van der Waals surface area (Å²) in [6, 6.07) is 12.8. The van der Waals surface area contributed by atoms with Crippen LogP contribution >= 0.6 is 11.6 Å². The fourth-order valence-electron chi connectivity index (χ4n) is 2.36. The number of pyridine rings is 1. The molecule has 1 aromatic carbocycles. The van der Waals surface area contributed by atoms with Gasteiger partial charge >= 0.3 is 5.97 Å². The highest BCUT2D eigenvalue weighted by atomic mass is 35.5. The molecule has 0 unspecified atom stereocenters. The fraction of sp³-hybridized carbons (Fsp3) is 0.176. The Hall–Kier alpha value is -2.73. The second-order valence-corrected chi connectivity index (χ2v) is 5.61. The second-order valence-electron chi connectivity index (χ2n) is 5.18. The van der Waals surface area contributed by atoms with E-state index in [-0.39, 0.29) is 12.4 Å². The van der Waals surface area contributed by atoms with Gasteiger partial charge in [0.1, 0.15) is 5.65 Å². The van der Waals surface area contributed by atoms with Gasteiger partial charge in [-0.05, 0) is 37.3 Å². The number of benzene rings is 1. The van der Waals surface area contributed by atoms with Crippen LogP contribution in [0.25, 0.3) is 5.65 Å². The highest BCUT2D eigenvalue weighted by Crippen LogP contribution is 2.27. The molecule has 0 N–H and O–H groups in total. The molecular formula is C17H15ClN4O2. The molecule has 0 fully saturated rings. The number of hydrogen-bond donors (Lipinski definition) is 0. The number of nitrogens with zero attached hydrogens (tertiary/aromatic N) is 4. The van der Waals surface area contributed by atoms with Crippen LogP contribution < -0.4 is 0 Å². The lowest BCUT2D eigenvalue weighted by molar-refractivity contribution is -0.139. The van der Waals surface area contributed by atoms with Gasteiger partial charge in [0.25, 0.3) is 0 Å². The number of azo groups is 1. The summed E-state index contributed by atoms with van der Waals surface area (Å²) in [5.41, 5.74) is 2.78. The molecule has 3 rings (SSSR count). The lowest BCUT2D eigenvalue weighted by atomic mass is 10.3. The number of imidazole rings is 1. The van der Waals surface area contributed by atoms with Crippen molar-refractivity contribution in [2.75, 3.05) is 7.11 Å². The monoisotopic (exact) mass is 342 g/mol. The zero-order chi connectivity index (χ0) is 17.1. The van der Waals surface area contributed by atoms with Gasteiger partial charge in [0, 0.05) is 10.7 Å². The molecule has 0 atom stereocenters. The first-order chi connectivity index (χ1) is 11.6. The molecule has 6 nitrogen and oxygen atoms in total. The standard InChI is InChI=1S/C17H15ClN4O2/c1-11-5-3-8-15-19-14(10-16(23)24-2)17(22(11)15)21-20-13-7-4-6-12(18)9-13/h3-9H,10H2,1-2H3. The molecular weight excluding hydrogens is 328 g/mol. The van der Waals surface area contributed by atoms with E-state index in [1.807, 2.05) is 29.5 Å². The molecule has 2 aromatic heterocycles. The van der Waals surface area contributed by atoms with Gasteiger partial charge in [-0.1, -0.05) is 23.7 Å². The Labute approximate surface area is 143 Å². The minimum Gasteiger partial charge on any atom is -0.469 e. The SMILES string of the molecule is COC(=O)Cc1nc2cccc(C)n2c1N=Nc1cccc(Cl)c1. The minimum atomic E-state index is -0.379. The third-order valence-electron chi connectivity index (χ3n) is 3.49. The smallest absolute Gasteiger partial charge is 0.311 e. The van der Waals surface area contributed by atoms with E-state index >= 15 is 0 Å². The Morgan fingerprint density at radius 3 is 2.79 bits per heavy atom. The Bertz CT molecular complexity index is 933. The zero-order valence-electron chi connectivity index (χ0n) is 13.2. The van der Waals surface area contributed by atoms with Crippen molar-refractivity contribution in [1.29, 1.82) is 0 Å². The van der Waals surface area contributed by atoms with Crippen LogP contribution in [0.1, 0.15) is 11.4 Å². The molecule has 0 saturated heterocycles. The van der Waals surface area contributed by atoms with Gasteiger partial charge < -0.3 is 4.74 Å². The molecule has 3 aromatic rings. The van der Waals surface area contributed by atoms with E-state index in [9.17, 15) is 4.79 Å². The third-order valence-corrected chi connectivity index (χ3v) is 3.73.